The van der Waals surface area contributed by atoms with Crippen LogP contribution < -0.4 is 5.32 Å². The number of nitrogens with zero attached hydrogens (tertiary/aromatic N) is 4. The van der Waals surface area contributed by atoms with Gasteiger partial charge in [0.05, 0.1) is 12.2 Å². The number of aromatic nitrogens is 3. The Kier molecular flexibility index (Phi) is 4.44. The summed E-state index contributed by atoms with van der Waals surface area (Å²) in [5.74, 6) is 0. The van der Waals surface area contributed by atoms with Crippen LogP contribution in [0, 0.1) is 0 Å². The van der Waals surface area contributed by atoms with Gasteiger partial charge in [-0.05, 0) is 42.3 Å². The third-order valence-corrected chi connectivity index (χ3v) is 4.32. The van der Waals surface area contributed by atoms with Gasteiger partial charge in [-0.2, -0.15) is 11.3 Å². The Bertz CT molecular complexity index is 517. The molecule has 20 heavy (non-hydrogen) atoms. The van der Waals surface area contributed by atoms with E-state index in [4.69, 9.17) is 0 Å². The summed E-state index contributed by atoms with van der Waals surface area (Å²) in [6, 6.07) is 3.00. The second-order valence-electron chi connectivity index (χ2n) is 5.34. The lowest BCUT2D eigenvalue weighted by atomic mass is 10.3. The van der Waals surface area contributed by atoms with Crippen LogP contribution in [0.25, 0.3) is 0 Å². The van der Waals surface area contributed by atoms with E-state index in [1.165, 1.54) is 18.4 Å². The van der Waals surface area contributed by atoms with Crippen molar-refractivity contribution in [2.75, 3.05) is 13.6 Å². The van der Waals surface area contributed by atoms with Crippen molar-refractivity contribution in [1.82, 2.24) is 25.2 Å². The van der Waals surface area contributed by atoms with Crippen molar-refractivity contribution in [3.05, 3.63) is 34.3 Å². The molecule has 0 saturated heterocycles. The fourth-order valence-electron chi connectivity index (χ4n) is 2.39. The third-order valence-electron chi connectivity index (χ3n) is 3.59. The first-order chi connectivity index (χ1) is 9.85. The number of rotatable bonds is 8. The molecule has 0 unspecified atom stereocenters. The first-order valence-electron chi connectivity index (χ1n) is 7.14. The van der Waals surface area contributed by atoms with E-state index in [-0.39, 0.29) is 0 Å². The second-order valence-corrected chi connectivity index (χ2v) is 6.12. The molecule has 1 fully saturated rings. The minimum Gasteiger partial charge on any atom is -0.314 e. The quantitative estimate of drug-likeness (QED) is 0.804. The molecule has 1 aliphatic carbocycles. The predicted molar refractivity (Wildman–Crippen MR) is 80.5 cm³/mol. The fraction of sp³-hybridized carbons (Fsp3) is 0.571. The highest BCUT2D eigenvalue weighted by Crippen LogP contribution is 2.28. The Morgan fingerprint density at radius 2 is 2.40 bits per heavy atom. The van der Waals surface area contributed by atoms with E-state index in [1.54, 1.807) is 11.3 Å². The molecular formula is C14H21N5S. The topological polar surface area (TPSA) is 46.0 Å². The summed E-state index contributed by atoms with van der Waals surface area (Å²) in [7, 11) is 1.93. The fourth-order valence-corrected chi connectivity index (χ4v) is 3.05. The van der Waals surface area contributed by atoms with Gasteiger partial charge >= 0.3 is 0 Å². The molecule has 0 atom stereocenters. The Morgan fingerprint density at radius 3 is 3.10 bits per heavy atom. The SMILES string of the molecule is CNCc1cn(CCN(Cc2ccsc2)C2CC2)nn1. The number of hydrogen-bond donors (Lipinski definition) is 1. The van der Waals surface area contributed by atoms with Crippen LogP contribution in [0.3, 0.4) is 0 Å². The molecule has 6 heteroatoms. The van der Waals surface area contributed by atoms with Crippen LogP contribution in [-0.2, 0) is 19.6 Å². The van der Waals surface area contributed by atoms with Gasteiger partial charge in [-0.1, -0.05) is 5.21 Å². The van der Waals surface area contributed by atoms with Crippen LogP contribution in [-0.4, -0.2) is 39.5 Å². The molecule has 1 saturated carbocycles. The summed E-state index contributed by atoms with van der Waals surface area (Å²) in [6.45, 7) is 3.80. The van der Waals surface area contributed by atoms with Gasteiger partial charge in [0, 0.05) is 31.9 Å². The maximum Gasteiger partial charge on any atom is 0.0964 e. The van der Waals surface area contributed by atoms with E-state index in [0.717, 1.165) is 37.9 Å². The molecule has 2 aromatic rings. The van der Waals surface area contributed by atoms with Crippen molar-refractivity contribution in [2.24, 2.45) is 0 Å². The van der Waals surface area contributed by atoms with Crippen LogP contribution in [0.15, 0.2) is 23.0 Å². The monoisotopic (exact) mass is 291 g/mol. The van der Waals surface area contributed by atoms with E-state index in [2.05, 4.69) is 37.4 Å². The third kappa shape index (κ3) is 3.65. The van der Waals surface area contributed by atoms with Gasteiger partial charge in [-0.3, -0.25) is 9.58 Å². The molecule has 0 aromatic carbocycles. The van der Waals surface area contributed by atoms with Crippen molar-refractivity contribution in [3.8, 4) is 0 Å². The first-order valence-corrected chi connectivity index (χ1v) is 8.08. The molecule has 0 amide bonds. The minimum atomic E-state index is 0.773. The second kappa shape index (κ2) is 6.47. The summed E-state index contributed by atoms with van der Waals surface area (Å²) >= 11 is 1.78. The van der Waals surface area contributed by atoms with E-state index in [9.17, 15) is 0 Å². The van der Waals surface area contributed by atoms with Crippen molar-refractivity contribution in [2.45, 2.75) is 38.5 Å². The molecule has 1 N–H and O–H groups in total. The maximum absolute atomic E-state index is 4.19. The highest BCUT2D eigenvalue weighted by molar-refractivity contribution is 7.07. The van der Waals surface area contributed by atoms with Crippen molar-refractivity contribution < 1.29 is 0 Å². The Balaban J connectivity index is 1.53. The maximum atomic E-state index is 4.19. The molecule has 2 heterocycles. The normalized spacial score (nSPS) is 15.1. The van der Waals surface area contributed by atoms with Gasteiger partial charge in [0.15, 0.2) is 0 Å². The van der Waals surface area contributed by atoms with Crippen LogP contribution in [0.4, 0.5) is 0 Å². The minimum absolute atomic E-state index is 0.773. The lowest BCUT2D eigenvalue weighted by Crippen LogP contribution is -2.29. The lowest BCUT2D eigenvalue weighted by molar-refractivity contribution is 0.240. The standard InChI is InChI=1S/C14H21N5S/c1-15-8-13-10-19(17-16-13)6-5-18(14-2-3-14)9-12-4-7-20-11-12/h4,7,10-11,14-15H,2-3,5-6,8-9H2,1H3. The highest BCUT2D eigenvalue weighted by atomic mass is 32.1. The zero-order chi connectivity index (χ0) is 13.8. The molecule has 0 bridgehead atoms. The summed E-state index contributed by atoms with van der Waals surface area (Å²) in [4.78, 5) is 2.57. The molecule has 1 aliphatic rings. The van der Waals surface area contributed by atoms with Crippen LogP contribution in [0.2, 0.25) is 0 Å². The van der Waals surface area contributed by atoms with E-state index in [1.807, 2.05) is 17.9 Å². The average molecular weight is 291 g/mol. The van der Waals surface area contributed by atoms with E-state index >= 15 is 0 Å². The summed E-state index contributed by atoms with van der Waals surface area (Å²) < 4.78 is 1.95. The number of hydrogen-bond acceptors (Lipinski definition) is 5. The summed E-state index contributed by atoms with van der Waals surface area (Å²) in [5.41, 5.74) is 2.43. The van der Waals surface area contributed by atoms with Gasteiger partial charge in [0.2, 0.25) is 0 Å². The average Bonchev–Trinajstić information content (AvgIpc) is 2.98. The summed E-state index contributed by atoms with van der Waals surface area (Å²) in [6.07, 6.45) is 4.71. The molecule has 0 aliphatic heterocycles. The molecule has 0 spiro atoms. The van der Waals surface area contributed by atoms with Crippen LogP contribution in [0.5, 0.6) is 0 Å². The summed E-state index contributed by atoms with van der Waals surface area (Å²) in [5, 5.41) is 15.8. The first kappa shape index (κ1) is 13.7. The Morgan fingerprint density at radius 1 is 1.50 bits per heavy atom. The van der Waals surface area contributed by atoms with Crippen LogP contribution in [0.1, 0.15) is 24.1 Å². The van der Waals surface area contributed by atoms with Gasteiger partial charge in [0.25, 0.3) is 0 Å². The smallest absolute Gasteiger partial charge is 0.0964 e. The lowest BCUT2D eigenvalue weighted by Gasteiger charge is -2.21. The van der Waals surface area contributed by atoms with Crippen LogP contribution >= 0.6 is 11.3 Å². The highest BCUT2D eigenvalue weighted by Gasteiger charge is 2.28. The van der Waals surface area contributed by atoms with Gasteiger partial charge < -0.3 is 5.32 Å². The molecule has 3 rings (SSSR count). The van der Waals surface area contributed by atoms with E-state index in [0.29, 0.717) is 0 Å². The molecular weight excluding hydrogens is 270 g/mol. The Hall–Kier alpha value is -1.24. The number of thiophene rings is 1. The van der Waals surface area contributed by atoms with Crippen molar-refractivity contribution in [3.63, 3.8) is 0 Å². The zero-order valence-electron chi connectivity index (χ0n) is 11.8. The van der Waals surface area contributed by atoms with Gasteiger partial charge in [-0.25, -0.2) is 0 Å². The largest absolute Gasteiger partial charge is 0.314 e. The molecule has 5 nitrogen and oxygen atoms in total. The molecule has 2 aromatic heterocycles. The molecule has 0 radical (unpaired) electrons. The number of nitrogens with one attached hydrogen (secondary N) is 1. The van der Waals surface area contributed by atoms with Gasteiger partial charge in [-0.15, -0.1) is 5.10 Å². The van der Waals surface area contributed by atoms with Crippen molar-refractivity contribution in [1.29, 1.82) is 0 Å². The predicted octanol–water partition coefficient (Wildman–Crippen LogP) is 1.72. The van der Waals surface area contributed by atoms with Crippen molar-refractivity contribution >= 4 is 11.3 Å². The Labute approximate surface area is 123 Å². The van der Waals surface area contributed by atoms with Gasteiger partial charge in [0.1, 0.15) is 0 Å². The van der Waals surface area contributed by atoms with E-state index < -0.39 is 0 Å². The zero-order valence-corrected chi connectivity index (χ0v) is 12.6. The molecule has 108 valence electrons.